The lowest BCUT2D eigenvalue weighted by molar-refractivity contribution is -0.119. The fourth-order valence-corrected chi connectivity index (χ4v) is 2.86. The fraction of sp³-hybridized carbons (Fsp3) is 0.222. The highest BCUT2D eigenvalue weighted by Gasteiger charge is 2.17. The van der Waals surface area contributed by atoms with E-state index >= 15 is 0 Å². The third kappa shape index (κ3) is 5.29. The molecule has 1 amide bonds. The molecule has 2 rings (SSSR count). The number of anilines is 1. The van der Waals surface area contributed by atoms with Crippen molar-refractivity contribution in [2.75, 3.05) is 11.9 Å². The van der Waals surface area contributed by atoms with E-state index in [9.17, 15) is 18.4 Å². The number of amides is 1. The Morgan fingerprint density at radius 1 is 1.08 bits per heavy atom. The first-order chi connectivity index (χ1) is 11.9. The van der Waals surface area contributed by atoms with Gasteiger partial charge in [-0.3, -0.25) is 4.79 Å². The normalized spacial score (nSPS) is 10.6. The minimum atomic E-state index is -2.65. The lowest BCUT2D eigenvalue weighted by atomic mass is 10.1. The summed E-state index contributed by atoms with van der Waals surface area (Å²) < 4.78 is 30.0. The first kappa shape index (κ1) is 18.9. The number of alkyl halides is 2. The molecular weight excluding hydrogens is 348 g/mol. The summed E-state index contributed by atoms with van der Waals surface area (Å²) in [5, 5.41) is 2.69. The number of hydrogen-bond acceptors (Lipinski definition) is 4. The van der Waals surface area contributed by atoms with Gasteiger partial charge >= 0.3 is 5.97 Å². The van der Waals surface area contributed by atoms with Crippen LogP contribution >= 0.6 is 11.8 Å². The molecule has 0 aliphatic rings. The van der Waals surface area contributed by atoms with Crippen LogP contribution in [0.2, 0.25) is 0 Å². The molecule has 0 aromatic heterocycles. The molecule has 2 aromatic carbocycles. The number of ether oxygens (including phenoxy) is 1. The highest BCUT2D eigenvalue weighted by molar-refractivity contribution is 7.99. The molecule has 0 aliphatic carbocycles. The summed E-state index contributed by atoms with van der Waals surface area (Å²) in [4.78, 5) is 24.2. The predicted octanol–water partition coefficient (Wildman–Crippen LogP) is 4.41. The van der Waals surface area contributed by atoms with Crippen molar-refractivity contribution in [3.05, 3.63) is 59.2 Å². The summed E-state index contributed by atoms with van der Waals surface area (Å²) in [5.41, 5.74) is 2.45. The van der Waals surface area contributed by atoms with Crippen molar-refractivity contribution in [2.24, 2.45) is 0 Å². The van der Waals surface area contributed by atoms with Gasteiger partial charge in [0.1, 0.15) is 0 Å². The van der Waals surface area contributed by atoms with Crippen molar-refractivity contribution < 1.29 is 23.1 Å². The van der Waals surface area contributed by atoms with E-state index in [1.54, 1.807) is 12.1 Å². The number of esters is 1. The number of nitrogens with one attached hydrogen (secondary N) is 1. The van der Waals surface area contributed by atoms with E-state index < -0.39 is 24.2 Å². The highest BCUT2D eigenvalue weighted by Crippen LogP contribution is 2.28. The van der Waals surface area contributed by atoms with Crippen LogP contribution in [0.15, 0.2) is 47.4 Å². The predicted molar refractivity (Wildman–Crippen MR) is 93.1 cm³/mol. The number of carbonyl (C=O) groups is 2. The molecule has 132 valence electrons. The third-order valence-corrected chi connectivity index (χ3v) is 4.19. The van der Waals surface area contributed by atoms with Crippen molar-refractivity contribution in [1.29, 1.82) is 0 Å². The minimum absolute atomic E-state index is 0.00710. The van der Waals surface area contributed by atoms with Gasteiger partial charge in [0.15, 0.2) is 6.61 Å². The molecule has 0 spiro atoms. The van der Waals surface area contributed by atoms with Crippen LogP contribution in [-0.4, -0.2) is 24.2 Å². The summed E-state index contributed by atoms with van der Waals surface area (Å²) in [6.45, 7) is 3.21. The zero-order chi connectivity index (χ0) is 18.4. The SMILES string of the molecule is Cc1cccc(C)c1NC(=O)COC(=O)c1ccccc1SC(F)F. The fourth-order valence-electron chi connectivity index (χ4n) is 2.23. The maximum atomic E-state index is 12.5. The summed E-state index contributed by atoms with van der Waals surface area (Å²) in [6.07, 6.45) is 0. The second-order valence-corrected chi connectivity index (χ2v) is 6.30. The Bertz CT molecular complexity index is 760. The van der Waals surface area contributed by atoms with Crippen molar-refractivity contribution in [3.63, 3.8) is 0 Å². The van der Waals surface area contributed by atoms with E-state index in [-0.39, 0.29) is 22.2 Å². The summed E-state index contributed by atoms with van der Waals surface area (Å²) in [7, 11) is 0. The molecule has 1 N–H and O–H groups in total. The zero-order valence-electron chi connectivity index (χ0n) is 13.7. The van der Waals surface area contributed by atoms with Gasteiger partial charge in [0.2, 0.25) is 0 Å². The number of hydrogen-bond donors (Lipinski definition) is 1. The van der Waals surface area contributed by atoms with Crippen molar-refractivity contribution in [1.82, 2.24) is 0 Å². The van der Waals surface area contributed by atoms with Gasteiger partial charge in [-0.15, -0.1) is 0 Å². The highest BCUT2D eigenvalue weighted by atomic mass is 32.2. The Morgan fingerprint density at radius 2 is 1.72 bits per heavy atom. The molecule has 0 aliphatic heterocycles. The average molecular weight is 365 g/mol. The van der Waals surface area contributed by atoms with Crippen molar-refractivity contribution in [2.45, 2.75) is 24.5 Å². The standard InChI is InChI=1S/C18H17F2NO3S/c1-11-6-5-7-12(2)16(11)21-15(22)10-24-17(23)13-8-3-4-9-14(13)25-18(19)20/h3-9,18H,10H2,1-2H3,(H,21,22). The number of thioether (sulfide) groups is 1. The molecule has 2 aromatic rings. The quantitative estimate of drug-likeness (QED) is 0.608. The lowest BCUT2D eigenvalue weighted by Crippen LogP contribution is -2.22. The van der Waals surface area contributed by atoms with Gasteiger partial charge in [0, 0.05) is 10.6 Å². The number of halogens is 2. The summed E-state index contributed by atoms with van der Waals surface area (Å²) in [6, 6.07) is 11.5. The molecule has 0 fully saturated rings. The van der Waals surface area contributed by atoms with E-state index in [1.807, 2.05) is 32.0 Å². The number of carbonyl (C=O) groups excluding carboxylic acids is 2. The largest absolute Gasteiger partial charge is 0.452 e. The Hall–Kier alpha value is -2.41. The first-order valence-electron chi connectivity index (χ1n) is 7.45. The van der Waals surface area contributed by atoms with Crippen LogP contribution in [-0.2, 0) is 9.53 Å². The second-order valence-electron chi connectivity index (χ2n) is 5.27. The Balaban J connectivity index is 1.99. The van der Waals surface area contributed by atoms with E-state index in [2.05, 4.69) is 5.32 Å². The van der Waals surface area contributed by atoms with Crippen molar-refractivity contribution in [3.8, 4) is 0 Å². The molecule has 0 atom stereocenters. The number of rotatable bonds is 6. The maximum Gasteiger partial charge on any atom is 0.339 e. The molecule has 7 heteroatoms. The Labute approximate surface area is 148 Å². The van der Waals surface area contributed by atoms with E-state index in [0.717, 1.165) is 11.1 Å². The van der Waals surface area contributed by atoms with E-state index in [4.69, 9.17) is 4.74 Å². The van der Waals surface area contributed by atoms with Crippen LogP contribution in [0.1, 0.15) is 21.5 Å². The second kappa shape index (κ2) is 8.62. The zero-order valence-corrected chi connectivity index (χ0v) is 14.5. The first-order valence-corrected chi connectivity index (χ1v) is 8.33. The van der Waals surface area contributed by atoms with Gasteiger partial charge in [-0.2, -0.15) is 8.78 Å². The molecule has 0 saturated heterocycles. The molecule has 0 unspecified atom stereocenters. The number of aryl methyl sites for hydroxylation is 2. The molecular formula is C18H17F2NO3S. The monoisotopic (exact) mass is 365 g/mol. The molecule has 25 heavy (non-hydrogen) atoms. The minimum Gasteiger partial charge on any atom is -0.452 e. The summed E-state index contributed by atoms with van der Waals surface area (Å²) in [5.74, 6) is -3.97. The molecule has 0 radical (unpaired) electrons. The Morgan fingerprint density at radius 3 is 2.36 bits per heavy atom. The average Bonchev–Trinajstić information content (AvgIpc) is 2.56. The van der Waals surface area contributed by atoms with Crippen LogP contribution < -0.4 is 5.32 Å². The van der Waals surface area contributed by atoms with Crippen molar-refractivity contribution >= 4 is 29.3 Å². The van der Waals surface area contributed by atoms with Gasteiger partial charge in [-0.25, -0.2) is 4.79 Å². The topological polar surface area (TPSA) is 55.4 Å². The van der Waals surface area contributed by atoms with Crippen LogP contribution in [0.4, 0.5) is 14.5 Å². The smallest absolute Gasteiger partial charge is 0.339 e. The lowest BCUT2D eigenvalue weighted by Gasteiger charge is -2.12. The van der Waals surface area contributed by atoms with Gasteiger partial charge < -0.3 is 10.1 Å². The summed E-state index contributed by atoms with van der Waals surface area (Å²) >= 11 is 0.259. The van der Waals surface area contributed by atoms with E-state index in [0.29, 0.717) is 5.69 Å². The number of para-hydroxylation sites is 1. The van der Waals surface area contributed by atoms with Gasteiger partial charge in [0.25, 0.3) is 11.7 Å². The molecule has 4 nitrogen and oxygen atoms in total. The molecule has 0 heterocycles. The van der Waals surface area contributed by atoms with E-state index in [1.165, 1.54) is 12.1 Å². The van der Waals surface area contributed by atoms with Crippen LogP contribution in [0.5, 0.6) is 0 Å². The molecule has 0 bridgehead atoms. The molecule has 0 saturated carbocycles. The van der Waals surface area contributed by atoms with Crippen LogP contribution in [0, 0.1) is 13.8 Å². The van der Waals surface area contributed by atoms with Gasteiger partial charge in [0.05, 0.1) is 5.56 Å². The number of benzene rings is 2. The third-order valence-electron chi connectivity index (χ3n) is 3.40. The van der Waals surface area contributed by atoms with Gasteiger partial charge in [-0.05, 0) is 37.1 Å². The Kier molecular flexibility index (Phi) is 6.52. The van der Waals surface area contributed by atoms with Crippen LogP contribution in [0.25, 0.3) is 0 Å². The van der Waals surface area contributed by atoms with Gasteiger partial charge in [-0.1, -0.05) is 42.1 Å². The van der Waals surface area contributed by atoms with Crippen LogP contribution in [0.3, 0.4) is 0 Å². The maximum absolute atomic E-state index is 12.5.